The van der Waals surface area contributed by atoms with E-state index in [1.807, 2.05) is 31.6 Å². The van der Waals surface area contributed by atoms with E-state index in [-0.39, 0.29) is 12.2 Å². The second-order valence-electron chi connectivity index (χ2n) is 11.9. The number of hydrogen-bond donors (Lipinski definition) is 2. The van der Waals surface area contributed by atoms with Gasteiger partial charge in [-0.25, -0.2) is 15.0 Å². The van der Waals surface area contributed by atoms with Crippen LogP contribution in [0, 0.1) is 0 Å². The summed E-state index contributed by atoms with van der Waals surface area (Å²) in [6.07, 6.45) is 10.4. The van der Waals surface area contributed by atoms with Crippen LogP contribution in [-0.4, -0.2) is 106 Å². The van der Waals surface area contributed by atoms with Crippen molar-refractivity contribution in [1.82, 2.24) is 30.5 Å². The number of dihydropyridines is 1. The molecular weight excluding hydrogens is 550 g/mol. The van der Waals surface area contributed by atoms with Gasteiger partial charge >= 0.3 is 0 Å². The lowest BCUT2D eigenvalue weighted by molar-refractivity contribution is 0.321. The Labute approximate surface area is 261 Å². The first-order valence-electron chi connectivity index (χ1n) is 15.6. The fourth-order valence-electron chi connectivity index (χ4n) is 6.29. The summed E-state index contributed by atoms with van der Waals surface area (Å²) in [5.41, 5.74) is 5.47. The normalized spacial score (nSPS) is 18.6. The van der Waals surface area contributed by atoms with E-state index in [2.05, 4.69) is 110 Å². The third-order valence-corrected chi connectivity index (χ3v) is 8.85. The average molecular weight is 596 g/mol. The Morgan fingerprint density at radius 1 is 0.750 bits per heavy atom. The number of rotatable bonds is 12. The van der Waals surface area contributed by atoms with Crippen LogP contribution in [0.25, 0.3) is 0 Å². The van der Waals surface area contributed by atoms with Crippen LogP contribution in [0.15, 0.2) is 65.9 Å². The van der Waals surface area contributed by atoms with Gasteiger partial charge in [0.15, 0.2) is 17.5 Å². The topological polar surface area (TPSA) is 91.3 Å². The second-order valence-corrected chi connectivity index (χ2v) is 11.9. The highest BCUT2D eigenvalue weighted by Gasteiger charge is 2.36. The van der Waals surface area contributed by atoms with Crippen molar-refractivity contribution in [2.45, 2.75) is 31.6 Å². The van der Waals surface area contributed by atoms with Crippen molar-refractivity contribution < 1.29 is 0 Å². The Morgan fingerprint density at radius 2 is 1.43 bits per heavy atom. The SMILES string of the molecule is CN(CCCNCC1=NC2C(C=C1)N(C)c1cccnc1N2C)CCCNCc1ccc2c(n1)N(C)c1ncccc1N2C. The van der Waals surface area contributed by atoms with E-state index in [1.165, 1.54) is 0 Å². The molecule has 232 valence electrons. The van der Waals surface area contributed by atoms with E-state index >= 15 is 0 Å². The third kappa shape index (κ3) is 6.12. The lowest BCUT2D eigenvalue weighted by atomic mass is 10.0. The number of anilines is 6. The molecule has 3 aliphatic heterocycles. The maximum Gasteiger partial charge on any atom is 0.158 e. The van der Waals surface area contributed by atoms with Crippen molar-refractivity contribution in [2.24, 2.45) is 4.99 Å². The van der Waals surface area contributed by atoms with Crippen molar-refractivity contribution in [3.8, 4) is 0 Å². The molecule has 0 aliphatic carbocycles. The van der Waals surface area contributed by atoms with Gasteiger partial charge < -0.3 is 35.1 Å². The van der Waals surface area contributed by atoms with Crippen LogP contribution in [0.1, 0.15) is 18.5 Å². The molecule has 2 atom stereocenters. The molecule has 0 radical (unpaired) electrons. The van der Waals surface area contributed by atoms with Crippen molar-refractivity contribution in [2.75, 3.05) is 87.6 Å². The van der Waals surface area contributed by atoms with Crippen LogP contribution in [0.2, 0.25) is 0 Å². The lowest BCUT2D eigenvalue weighted by Crippen LogP contribution is -2.54. The largest absolute Gasteiger partial charge is 0.361 e. The van der Waals surface area contributed by atoms with Crippen LogP contribution < -0.4 is 30.2 Å². The van der Waals surface area contributed by atoms with Gasteiger partial charge in [0.1, 0.15) is 6.17 Å². The van der Waals surface area contributed by atoms with Gasteiger partial charge in [0, 0.05) is 53.7 Å². The molecule has 0 spiro atoms. The summed E-state index contributed by atoms with van der Waals surface area (Å²) in [7, 11) is 10.5. The van der Waals surface area contributed by atoms with Crippen LogP contribution in [0.5, 0.6) is 0 Å². The summed E-state index contributed by atoms with van der Waals surface area (Å²) in [5.74, 6) is 2.86. The molecule has 11 nitrogen and oxygen atoms in total. The number of nitrogens with zero attached hydrogens (tertiary/aromatic N) is 9. The minimum absolute atomic E-state index is 0.0461. The average Bonchev–Trinajstić information content (AvgIpc) is 3.05. The molecule has 44 heavy (non-hydrogen) atoms. The highest BCUT2D eigenvalue weighted by Crippen LogP contribution is 2.43. The fourth-order valence-corrected chi connectivity index (χ4v) is 6.29. The van der Waals surface area contributed by atoms with E-state index in [9.17, 15) is 0 Å². The lowest BCUT2D eigenvalue weighted by Gasteiger charge is -2.45. The predicted molar refractivity (Wildman–Crippen MR) is 181 cm³/mol. The molecule has 0 fully saturated rings. The minimum atomic E-state index is 0.0461. The number of aliphatic imine (C=N–C) groups is 1. The fraction of sp³-hybridized carbons (Fsp3) is 0.455. The van der Waals surface area contributed by atoms with Crippen molar-refractivity contribution >= 4 is 40.2 Å². The number of likely N-dealkylation sites (N-methyl/N-ethyl adjacent to an activating group) is 2. The van der Waals surface area contributed by atoms with E-state index in [0.29, 0.717) is 0 Å². The molecule has 3 aromatic heterocycles. The molecule has 3 aromatic rings. The Hall–Kier alpha value is -4.06. The molecule has 0 amide bonds. The quantitative estimate of drug-likeness (QED) is 0.304. The second kappa shape index (κ2) is 13.3. The Balaban J connectivity index is 0.869. The van der Waals surface area contributed by atoms with Gasteiger partial charge in [-0.05, 0) is 88.5 Å². The van der Waals surface area contributed by atoms with Gasteiger partial charge in [0.2, 0.25) is 0 Å². The Kier molecular flexibility index (Phi) is 9.06. The molecule has 6 heterocycles. The van der Waals surface area contributed by atoms with E-state index in [4.69, 9.17) is 9.98 Å². The first kappa shape index (κ1) is 30.0. The molecule has 11 heteroatoms. The third-order valence-electron chi connectivity index (χ3n) is 8.85. The van der Waals surface area contributed by atoms with E-state index in [0.717, 1.165) is 98.0 Å². The number of nitrogens with one attached hydrogen (secondary N) is 2. The van der Waals surface area contributed by atoms with Crippen molar-refractivity contribution in [3.05, 3.63) is 66.6 Å². The van der Waals surface area contributed by atoms with Gasteiger partial charge in [0.25, 0.3) is 0 Å². The summed E-state index contributed by atoms with van der Waals surface area (Å²) in [5, 5.41) is 7.17. The summed E-state index contributed by atoms with van der Waals surface area (Å²) in [4.78, 5) is 30.3. The number of aromatic nitrogens is 3. The maximum absolute atomic E-state index is 5.07. The number of pyridine rings is 3. The molecule has 0 saturated heterocycles. The highest BCUT2D eigenvalue weighted by atomic mass is 15.4. The Morgan fingerprint density at radius 3 is 2.20 bits per heavy atom. The van der Waals surface area contributed by atoms with Gasteiger partial charge in [0.05, 0.1) is 34.5 Å². The zero-order valence-electron chi connectivity index (χ0n) is 26.6. The first-order valence-corrected chi connectivity index (χ1v) is 15.6. The highest BCUT2D eigenvalue weighted by molar-refractivity contribution is 5.98. The van der Waals surface area contributed by atoms with Crippen LogP contribution in [0.4, 0.5) is 34.5 Å². The van der Waals surface area contributed by atoms with Crippen LogP contribution >= 0.6 is 0 Å². The summed E-state index contributed by atoms with van der Waals surface area (Å²) >= 11 is 0. The molecule has 0 aromatic carbocycles. The van der Waals surface area contributed by atoms with E-state index in [1.54, 1.807) is 0 Å². The predicted octanol–water partition coefficient (Wildman–Crippen LogP) is 3.40. The van der Waals surface area contributed by atoms with Gasteiger partial charge in [-0.1, -0.05) is 6.08 Å². The van der Waals surface area contributed by atoms with Gasteiger partial charge in [-0.3, -0.25) is 4.99 Å². The molecule has 0 bridgehead atoms. The maximum atomic E-state index is 5.07. The Bertz CT molecular complexity index is 1500. The summed E-state index contributed by atoms with van der Waals surface area (Å²) in [6, 6.07) is 12.7. The smallest absolute Gasteiger partial charge is 0.158 e. The monoisotopic (exact) mass is 595 g/mol. The standard InChI is InChI=1S/C33H45N11/c1-40(20-8-16-34-22-24-12-14-28-32(38-24)43(4)30-26(41(28)2)10-6-18-36-30)21-9-17-35-23-25-13-15-29-33(39-25)44(5)31-27(42(29)3)11-7-19-37-31/h6-7,10-15,18-19,28,32,34-35H,8-9,16-17,20-23H2,1-5H3. The van der Waals surface area contributed by atoms with Gasteiger partial charge in [-0.15, -0.1) is 0 Å². The zero-order chi connectivity index (χ0) is 30.6. The summed E-state index contributed by atoms with van der Waals surface area (Å²) < 4.78 is 0. The van der Waals surface area contributed by atoms with Crippen LogP contribution in [-0.2, 0) is 6.54 Å². The summed E-state index contributed by atoms with van der Waals surface area (Å²) in [6.45, 7) is 5.59. The minimum Gasteiger partial charge on any atom is -0.361 e. The number of hydrogen-bond acceptors (Lipinski definition) is 11. The van der Waals surface area contributed by atoms with Gasteiger partial charge in [-0.2, -0.15) is 0 Å². The zero-order valence-corrected chi connectivity index (χ0v) is 26.6. The van der Waals surface area contributed by atoms with Crippen molar-refractivity contribution in [3.63, 3.8) is 0 Å². The molecule has 6 rings (SSSR count). The van der Waals surface area contributed by atoms with Crippen LogP contribution in [0.3, 0.4) is 0 Å². The molecule has 3 aliphatic rings. The molecule has 0 saturated carbocycles. The van der Waals surface area contributed by atoms with E-state index < -0.39 is 0 Å². The van der Waals surface area contributed by atoms with Crippen molar-refractivity contribution in [1.29, 1.82) is 0 Å². The molecule has 2 unspecified atom stereocenters. The number of fused-ring (bicyclic) bond motifs is 4. The molecule has 2 N–H and O–H groups in total. The molecular formula is C33H45N11. The first-order chi connectivity index (χ1) is 21.4.